The average molecular weight is 1090 g/mol. The first-order chi connectivity index (χ1) is 35.4. The number of amides is 9. The predicted octanol–water partition coefficient (Wildman–Crippen LogP) is 0.187. The Balaban J connectivity index is 2.12. The van der Waals surface area contributed by atoms with E-state index in [1.54, 1.807) is 44.2 Å². The SMILES string of the molecule is CC[C@H](C)[C@H](N)C(=O)N1CCC[C@H]1C(=O)N[C@@H](CCSC)C(=O)N[C@H](C(=O)N[C@H](C(=O)N[C@@H](C)C(=O)NCC(=O)N[C@@H](CC(C)C)C(=O)N[C@@H](CCSC)C(=O)N[C@@H](Cc1ccccc1)C(=O)O)[C@@H](C)CC)[C@@H](C)O. The largest absolute Gasteiger partial charge is 0.480 e. The number of carboxylic acid groups (broad SMARTS) is 1. The Hall–Kier alpha value is -5.46. The number of rotatable bonds is 33. The molecule has 0 aliphatic carbocycles. The zero-order valence-electron chi connectivity index (χ0n) is 45.2. The molecule has 1 fully saturated rings. The van der Waals surface area contributed by atoms with Crippen molar-refractivity contribution in [2.75, 3.05) is 37.1 Å². The molecule has 1 aromatic carbocycles. The van der Waals surface area contributed by atoms with Gasteiger partial charge in [0.15, 0.2) is 0 Å². The number of thioether (sulfide) groups is 2. The number of aliphatic hydroxyl groups is 1. The lowest BCUT2D eigenvalue weighted by Crippen LogP contribution is -2.62. The van der Waals surface area contributed by atoms with Gasteiger partial charge in [-0.1, -0.05) is 84.7 Å². The van der Waals surface area contributed by atoms with Gasteiger partial charge in [-0.05, 0) is 93.3 Å². The summed E-state index contributed by atoms with van der Waals surface area (Å²) in [5.74, 6) is -7.43. The number of carbonyl (C=O) groups excluding carboxylic acids is 9. The molecule has 1 saturated heterocycles. The van der Waals surface area contributed by atoms with Crippen LogP contribution in [0.25, 0.3) is 0 Å². The Morgan fingerprint density at radius 3 is 1.75 bits per heavy atom. The normalized spacial score (nSPS) is 17.7. The fourth-order valence-electron chi connectivity index (χ4n) is 8.10. The second-order valence-corrected chi connectivity index (χ2v) is 21.6. The van der Waals surface area contributed by atoms with Gasteiger partial charge in [-0.2, -0.15) is 23.5 Å². The van der Waals surface area contributed by atoms with Crippen molar-refractivity contribution >= 4 is 82.7 Å². The van der Waals surface area contributed by atoms with Gasteiger partial charge in [-0.25, -0.2) is 4.79 Å². The molecule has 1 heterocycles. The van der Waals surface area contributed by atoms with Crippen LogP contribution in [0.15, 0.2) is 30.3 Å². The van der Waals surface area contributed by atoms with Gasteiger partial charge >= 0.3 is 5.97 Å². The number of aliphatic hydroxyl groups excluding tert-OH is 1. The lowest BCUT2D eigenvalue weighted by molar-refractivity contribution is -0.142. The zero-order chi connectivity index (χ0) is 56.5. The molecule has 22 nitrogen and oxygen atoms in total. The highest BCUT2D eigenvalue weighted by Gasteiger charge is 2.40. The number of nitrogens with two attached hydrogens (primary N) is 1. The summed E-state index contributed by atoms with van der Waals surface area (Å²) < 4.78 is 0. The minimum absolute atomic E-state index is 0.0116. The Bertz CT molecular complexity index is 2070. The van der Waals surface area contributed by atoms with E-state index in [9.17, 15) is 58.2 Å². The van der Waals surface area contributed by atoms with Gasteiger partial charge in [-0.15, -0.1) is 0 Å². The third kappa shape index (κ3) is 22.0. The van der Waals surface area contributed by atoms with Crippen LogP contribution in [0.3, 0.4) is 0 Å². The van der Waals surface area contributed by atoms with Gasteiger partial charge in [-0.3, -0.25) is 43.2 Å². The van der Waals surface area contributed by atoms with E-state index >= 15 is 0 Å². The summed E-state index contributed by atoms with van der Waals surface area (Å²) in [6.45, 7) is 13.2. The molecule has 2 rings (SSSR count). The van der Waals surface area contributed by atoms with Crippen LogP contribution in [0.4, 0.5) is 0 Å². The van der Waals surface area contributed by atoms with E-state index in [4.69, 9.17) is 5.73 Å². The quantitative estimate of drug-likeness (QED) is 0.0448. The van der Waals surface area contributed by atoms with Crippen LogP contribution in [0, 0.1) is 17.8 Å². The van der Waals surface area contributed by atoms with Gasteiger partial charge in [0.05, 0.1) is 18.7 Å². The van der Waals surface area contributed by atoms with Gasteiger partial charge in [0, 0.05) is 13.0 Å². The Labute approximate surface area is 450 Å². The number of hydrogen-bond donors (Lipinski definition) is 11. The van der Waals surface area contributed by atoms with Gasteiger partial charge in [0.25, 0.3) is 0 Å². The molecule has 24 heteroatoms. The van der Waals surface area contributed by atoms with Crippen molar-refractivity contribution in [3.8, 4) is 0 Å². The third-order valence-corrected chi connectivity index (χ3v) is 14.4. The van der Waals surface area contributed by atoms with E-state index in [0.717, 1.165) is 0 Å². The van der Waals surface area contributed by atoms with Gasteiger partial charge in [0.1, 0.15) is 48.3 Å². The van der Waals surface area contributed by atoms with Crippen LogP contribution in [0.1, 0.15) is 106 Å². The maximum Gasteiger partial charge on any atom is 0.326 e. The standard InChI is InChI=1S/C51H84N10O12S2/c1-11-29(5)40(52)50(71)61-22-16-19-38(61)47(68)57-35(21-24-75-10)45(66)60-42(32(8)62)49(70)59-41(30(6)12-2)48(69)54-31(7)43(64)53-27-39(63)55-36(25-28(3)4)46(67)56-34(20-23-74-9)44(65)58-37(51(72)73)26-33-17-14-13-15-18-33/h13-15,17-18,28-32,34-38,40-42,62H,11-12,16,19-27,52H2,1-10H3,(H,53,64)(H,54,69)(H,55,63)(H,56,67)(H,57,68)(H,58,65)(H,59,70)(H,60,66)(H,72,73)/t29-,30-,31-,32+,34-,35-,36-,37-,38-,40-,41-,42-/m0/s1. The summed E-state index contributed by atoms with van der Waals surface area (Å²) in [4.78, 5) is 136. The van der Waals surface area contributed by atoms with Crippen LogP contribution < -0.4 is 48.3 Å². The lowest BCUT2D eigenvalue weighted by Gasteiger charge is -2.31. The molecule has 9 amide bonds. The average Bonchev–Trinajstić information content (AvgIpc) is 3.87. The summed E-state index contributed by atoms with van der Waals surface area (Å²) in [5, 5.41) is 41.3. The summed E-state index contributed by atoms with van der Waals surface area (Å²) in [7, 11) is 0. The van der Waals surface area contributed by atoms with Crippen molar-refractivity contribution in [1.29, 1.82) is 0 Å². The molecule has 12 N–H and O–H groups in total. The van der Waals surface area contributed by atoms with Gasteiger partial charge < -0.3 is 63.4 Å². The summed E-state index contributed by atoms with van der Waals surface area (Å²) in [6, 6.07) is -1.70. The number of hydrogen-bond acceptors (Lipinski definition) is 14. The summed E-state index contributed by atoms with van der Waals surface area (Å²) in [5.41, 5.74) is 6.91. The van der Waals surface area contributed by atoms with Crippen LogP contribution in [0.5, 0.6) is 0 Å². The predicted molar refractivity (Wildman–Crippen MR) is 289 cm³/mol. The van der Waals surface area contributed by atoms with E-state index in [-0.39, 0.29) is 43.4 Å². The molecule has 0 unspecified atom stereocenters. The highest BCUT2D eigenvalue weighted by Crippen LogP contribution is 2.21. The van der Waals surface area contributed by atoms with Gasteiger partial charge in [0.2, 0.25) is 53.2 Å². The number of nitrogens with zero attached hydrogens (tertiary/aromatic N) is 1. The van der Waals surface area contributed by atoms with E-state index in [2.05, 4.69) is 42.5 Å². The summed E-state index contributed by atoms with van der Waals surface area (Å²) in [6.07, 6.45) is 4.62. The molecular weight excluding hydrogens is 1010 g/mol. The van der Waals surface area contributed by atoms with Crippen LogP contribution in [0.2, 0.25) is 0 Å². The maximum absolute atomic E-state index is 13.8. The first-order valence-electron chi connectivity index (χ1n) is 25.8. The van der Waals surface area contributed by atoms with E-state index < -0.39 is 126 Å². The van der Waals surface area contributed by atoms with E-state index in [1.807, 2.05) is 40.2 Å². The van der Waals surface area contributed by atoms with Crippen molar-refractivity contribution in [2.45, 2.75) is 167 Å². The number of benzene rings is 1. The zero-order valence-corrected chi connectivity index (χ0v) is 46.8. The van der Waals surface area contributed by atoms with Crippen LogP contribution in [-0.4, -0.2) is 172 Å². The molecule has 0 spiro atoms. The molecule has 0 bridgehead atoms. The molecule has 1 aliphatic heterocycles. The van der Waals surface area contributed by atoms with Crippen molar-refractivity contribution in [2.24, 2.45) is 23.5 Å². The Morgan fingerprint density at radius 1 is 0.667 bits per heavy atom. The fraction of sp³-hybridized carbons (Fsp3) is 0.686. The first kappa shape index (κ1) is 65.7. The Morgan fingerprint density at radius 2 is 1.20 bits per heavy atom. The fourth-order valence-corrected chi connectivity index (χ4v) is 9.05. The number of carboxylic acids is 1. The number of likely N-dealkylation sites (tertiary alicyclic amines) is 1. The molecule has 12 atom stereocenters. The van der Waals surface area contributed by atoms with Crippen molar-refractivity contribution in [3.63, 3.8) is 0 Å². The topological polar surface area (TPSA) is 337 Å². The number of carbonyl (C=O) groups is 10. The highest BCUT2D eigenvalue weighted by atomic mass is 32.2. The molecule has 0 radical (unpaired) electrons. The molecular formula is C51H84N10O12S2. The lowest BCUT2D eigenvalue weighted by atomic mass is 9.97. The van der Waals surface area contributed by atoms with E-state index in [1.165, 1.54) is 42.3 Å². The van der Waals surface area contributed by atoms with Crippen molar-refractivity contribution in [1.82, 2.24) is 47.4 Å². The minimum Gasteiger partial charge on any atom is -0.480 e. The maximum atomic E-state index is 13.8. The molecule has 0 saturated carbocycles. The molecule has 0 aromatic heterocycles. The smallest absolute Gasteiger partial charge is 0.326 e. The Kier molecular flexibility index (Phi) is 29.4. The van der Waals surface area contributed by atoms with Crippen molar-refractivity contribution in [3.05, 3.63) is 35.9 Å². The van der Waals surface area contributed by atoms with Crippen molar-refractivity contribution < 1.29 is 58.2 Å². The molecule has 1 aliphatic rings. The van der Waals surface area contributed by atoms with Crippen LogP contribution >= 0.6 is 23.5 Å². The summed E-state index contributed by atoms with van der Waals surface area (Å²) >= 11 is 2.84. The molecule has 75 heavy (non-hydrogen) atoms. The van der Waals surface area contributed by atoms with Crippen LogP contribution in [-0.2, 0) is 54.4 Å². The minimum atomic E-state index is -1.59. The monoisotopic (exact) mass is 1090 g/mol. The van der Waals surface area contributed by atoms with E-state index in [0.29, 0.717) is 49.3 Å². The second-order valence-electron chi connectivity index (χ2n) is 19.7. The third-order valence-electron chi connectivity index (χ3n) is 13.2. The second kappa shape index (κ2) is 33.5. The first-order valence-corrected chi connectivity index (χ1v) is 28.6. The number of aliphatic carboxylic acids is 1. The number of nitrogens with one attached hydrogen (secondary N) is 8. The molecule has 1 aromatic rings. The molecule has 422 valence electrons. The highest BCUT2D eigenvalue weighted by molar-refractivity contribution is 7.98.